The summed E-state index contributed by atoms with van der Waals surface area (Å²) in [5.74, 6) is 0.268. The number of non-ortho nitro benzene ring substituents is 1. The lowest BCUT2D eigenvalue weighted by atomic mass is 10.3. The van der Waals surface area contributed by atoms with E-state index in [1.165, 1.54) is 35.6 Å². The molecule has 25 heavy (non-hydrogen) atoms. The Labute approximate surface area is 147 Å². The molecule has 0 aliphatic rings. The van der Waals surface area contributed by atoms with Crippen LogP contribution in [-0.4, -0.2) is 9.91 Å². The number of anilines is 1. The third-order valence-electron chi connectivity index (χ3n) is 3.31. The van der Waals surface area contributed by atoms with Gasteiger partial charge in [0.2, 0.25) is 0 Å². The van der Waals surface area contributed by atoms with Crippen molar-refractivity contribution in [2.45, 2.75) is 13.2 Å². The summed E-state index contributed by atoms with van der Waals surface area (Å²) in [5.41, 5.74) is 1.51. The van der Waals surface area contributed by atoms with E-state index < -0.39 is 4.92 Å². The van der Waals surface area contributed by atoms with E-state index in [0.29, 0.717) is 24.6 Å². The highest BCUT2D eigenvalue weighted by molar-refractivity contribution is 7.09. The molecule has 0 saturated heterocycles. The number of aromatic nitrogens is 1. The van der Waals surface area contributed by atoms with E-state index in [2.05, 4.69) is 10.3 Å². The molecule has 0 amide bonds. The molecule has 2 aromatic carbocycles. The molecule has 0 unspecified atom stereocenters. The number of nitrogens with one attached hydrogen (secondary N) is 1. The average Bonchev–Trinajstić information content (AvgIpc) is 3.08. The molecule has 0 saturated carbocycles. The molecule has 0 atom stereocenters. The Bertz CT molecular complexity index is 868. The first-order valence-corrected chi connectivity index (χ1v) is 8.28. The van der Waals surface area contributed by atoms with Gasteiger partial charge in [0.15, 0.2) is 0 Å². The van der Waals surface area contributed by atoms with Crippen LogP contribution < -0.4 is 10.1 Å². The number of benzene rings is 2. The molecule has 0 aliphatic heterocycles. The van der Waals surface area contributed by atoms with Crippen LogP contribution in [0.4, 0.5) is 15.8 Å². The fraction of sp³-hybridized carbons (Fsp3) is 0.118. The van der Waals surface area contributed by atoms with Gasteiger partial charge in [-0.05, 0) is 30.3 Å². The van der Waals surface area contributed by atoms with Crippen LogP contribution in [0.2, 0.25) is 0 Å². The SMILES string of the molecule is O=[N+]([O-])c1cccc(NCc2csc(COc3ccc(F)cc3)n2)c1. The Hall–Kier alpha value is -3.00. The Morgan fingerprint density at radius 2 is 2.04 bits per heavy atom. The monoisotopic (exact) mass is 359 g/mol. The molecular weight excluding hydrogens is 345 g/mol. The van der Waals surface area contributed by atoms with E-state index in [1.54, 1.807) is 24.3 Å². The number of nitro groups is 1. The molecule has 0 fully saturated rings. The molecule has 128 valence electrons. The van der Waals surface area contributed by atoms with E-state index in [0.717, 1.165) is 10.7 Å². The minimum Gasteiger partial charge on any atom is -0.486 e. The van der Waals surface area contributed by atoms with Crippen molar-refractivity contribution in [2.24, 2.45) is 0 Å². The highest BCUT2D eigenvalue weighted by atomic mass is 32.1. The van der Waals surface area contributed by atoms with Gasteiger partial charge in [-0.25, -0.2) is 9.37 Å². The number of halogens is 1. The highest BCUT2D eigenvalue weighted by Crippen LogP contribution is 2.19. The second-order valence-electron chi connectivity index (χ2n) is 5.14. The van der Waals surface area contributed by atoms with Crippen LogP contribution in [0.1, 0.15) is 10.7 Å². The largest absolute Gasteiger partial charge is 0.486 e. The minimum absolute atomic E-state index is 0.0386. The Kier molecular flexibility index (Phi) is 5.20. The van der Waals surface area contributed by atoms with Crippen molar-refractivity contribution in [3.63, 3.8) is 0 Å². The van der Waals surface area contributed by atoms with Gasteiger partial charge in [-0.3, -0.25) is 10.1 Å². The molecule has 0 spiro atoms. The summed E-state index contributed by atoms with van der Waals surface area (Å²) in [4.78, 5) is 14.8. The first-order chi connectivity index (χ1) is 12.1. The molecule has 1 aromatic heterocycles. The Balaban J connectivity index is 1.54. The fourth-order valence-corrected chi connectivity index (χ4v) is 2.80. The van der Waals surface area contributed by atoms with E-state index in [-0.39, 0.29) is 11.5 Å². The molecule has 3 rings (SSSR count). The summed E-state index contributed by atoms with van der Waals surface area (Å²) in [6, 6.07) is 12.1. The topological polar surface area (TPSA) is 77.3 Å². The third-order valence-corrected chi connectivity index (χ3v) is 4.18. The summed E-state index contributed by atoms with van der Waals surface area (Å²) in [6.45, 7) is 0.751. The van der Waals surface area contributed by atoms with Crippen molar-refractivity contribution in [3.8, 4) is 5.75 Å². The van der Waals surface area contributed by atoms with Crippen molar-refractivity contribution in [2.75, 3.05) is 5.32 Å². The number of hydrogen-bond donors (Lipinski definition) is 1. The second kappa shape index (κ2) is 7.71. The first kappa shape index (κ1) is 16.8. The van der Waals surface area contributed by atoms with Crippen molar-refractivity contribution in [1.29, 1.82) is 0 Å². The molecule has 0 radical (unpaired) electrons. The van der Waals surface area contributed by atoms with Crippen LogP contribution in [0.15, 0.2) is 53.9 Å². The van der Waals surface area contributed by atoms with E-state index in [9.17, 15) is 14.5 Å². The Morgan fingerprint density at radius 1 is 1.24 bits per heavy atom. The maximum atomic E-state index is 12.8. The van der Waals surface area contributed by atoms with Crippen LogP contribution in [0, 0.1) is 15.9 Å². The quantitative estimate of drug-likeness (QED) is 0.500. The standard InChI is InChI=1S/C17H14FN3O3S/c18-12-4-6-16(7-5-12)24-10-17-20-14(11-25-17)9-19-13-2-1-3-15(8-13)21(22)23/h1-8,11,19H,9-10H2. The Morgan fingerprint density at radius 3 is 2.80 bits per heavy atom. The lowest BCUT2D eigenvalue weighted by Gasteiger charge is -2.04. The number of thiazole rings is 1. The van der Waals surface area contributed by atoms with Gasteiger partial charge in [-0.15, -0.1) is 11.3 Å². The molecule has 0 bridgehead atoms. The molecule has 3 aromatic rings. The van der Waals surface area contributed by atoms with Gasteiger partial charge >= 0.3 is 0 Å². The third kappa shape index (κ3) is 4.74. The molecule has 8 heteroatoms. The number of nitrogens with zero attached hydrogens (tertiary/aromatic N) is 2. The maximum Gasteiger partial charge on any atom is 0.271 e. The lowest BCUT2D eigenvalue weighted by Crippen LogP contribution is -2.01. The van der Waals surface area contributed by atoms with E-state index in [4.69, 9.17) is 4.74 Å². The maximum absolute atomic E-state index is 12.8. The second-order valence-corrected chi connectivity index (χ2v) is 6.08. The predicted molar refractivity (Wildman–Crippen MR) is 93.3 cm³/mol. The molecule has 1 N–H and O–H groups in total. The van der Waals surface area contributed by atoms with Crippen molar-refractivity contribution in [1.82, 2.24) is 4.98 Å². The van der Waals surface area contributed by atoms with Gasteiger partial charge in [0.05, 0.1) is 17.2 Å². The normalized spacial score (nSPS) is 10.4. The van der Waals surface area contributed by atoms with Gasteiger partial charge < -0.3 is 10.1 Å². The van der Waals surface area contributed by atoms with Crippen molar-refractivity contribution < 1.29 is 14.1 Å². The summed E-state index contributed by atoms with van der Waals surface area (Å²) >= 11 is 1.46. The molecule has 6 nitrogen and oxygen atoms in total. The van der Waals surface area contributed by atoms with Gasteiger partial charge in [0.1, 0.15) is 23.2 Å². The van der Waals surface area contributed by atoms with Crippen LogP contribution in [0.25, 0.3) is 0 Å². The lowest BCUT2D eigenvalue weighted by molar-refractivity contribution is -0.384. The zero-order valence-corrected chi connectivity index (χ0v) is 13.8. The van der Waals surface area contributed by atoms with Crippen LogP contribution in [0.3, 0.4) is 0 Å². The number of nitro benzene ring substituents is 1. The smallest absolute Gasteiger partial charge is 0.271 e. The van der Waals surface area contributed by atoms with Crippen LogP contribution in [0.5, 0.6) is 5.75 Å². The summed E-state index contributed by atoms with van der Waals surface area (Å²) < 4.78 is 18.4. The van der Waals surface area contributed by atoms with Gasteiger partial charge in [-0.2, -0.15) is 0 Å². The summed E-state index contributed by atoms with van der Waals surface area (Å²) in [5, 5.41) is 16.6. The van der Waals surface area contributed by atoms with Crippen LogP contribution in [-0.2, 0) is 13.2 Å². The fourth-order valence-electron chi connectivity index (χ4n) is 2.09. The van der Waals surface area contributed by atoms with E-state index >= 15 is 0 Å². The predicted octanol–water partition coefficient (Wildman–Crippen LogP) is 4.38. The van der Waals surface area contributed by atoms with Gasteiger partial charge in [-0.1, -0.05) is 6.07 Å². The molecule has 0 aliphatic carbocycles. The summed E-state index contributed by atoms with van der Waals surface area (Å²) in [7, 11) is 0. The molecule has 1 heterocycles. The van der Waals surface area contributed by atoms with Crippen molar-refractivity contribution in [3.05, 3.63) is 80.5 Å². The van der Waals surface area contributed by atoms with Gasteiger partial charge in [0.25, 0.3) is 5.69 Å². The minimum atomic E-state index is -0.432. The summed E-state index contributed by atoms with van der Waals surface area (Å²) in [6.07, 6.45) is 0. The number of hydrogen-bond acceptors (Lipinski definition) is 6. The van der Waals surface area contributed by atoms with E-state index in [1.807, 2.05) is 5.38 Å². The highest BCUT2D eigenvalue weighted by Gasteiger charge is 2.07. The average molecular weight is 359 g/mol. The zero-order valence-electron chi connectivity index (χ0n) is 13.0. The van der Waals surface area contributed by atoms with Crippen molar-refractivity contribution >= 4 is 22.7 Å². The van der Waals surface area contributed by atoms with Gasteiger partial charge in [0, 0.05) is 23.2 Å². The zero-order chi connectivity index (χ0) is 17.6. The van der Waals surface area contributed by atoms with Crippen LogP contribution >= 0.6 is 11.3 Å². The number of rotatable bonds is 7. The first-order valence-electron chi connectivity index (χ1n) is 7.40. The molecular formula is C17H14FN3O3S. The number of ether oxygens (including phenoxy) is 1.